The highest BCUT2D eigenvalue weighted by Gasteiger charge is 2.14. The third kappa shape index (κ3) is 2.34. The third-order valence-electron chi connectivity index (χ3n) is 3.94. The first kappa shape index (κ1) is 13.8. The van der Waals surface area contributed by atoms with Crippen LogP contribution in [0.1, 0.15) is 29.3 Å². The molecule has 0 unspecified atom stereocenters. The summed E-state index contributed by atoms with van der Waals surface area (Å²) in [5.74, 6) is 0. The van der Waals surface area contributed by atoms with Gasteiger partial charge in [-0.05, 0) is 43.5 Å². The molecule has 0 spiro atoms. The first-order chi connectivity index (χ1) is 10.1. The van der Waals surface area contributed by atoms with Crippen molar-refractivity contribution in [2.45, 2.75) is 33.8 Å². The van der Waals surface area contributed by atoms with Crippen LogP contribution in [0.2, 0.25) is 0 Å². The Hall–Kier alpha value is -2.13. The summed E-state index contributed by atoms with van der Waals surface area (Å²) >= 11 is 0. The van der Waals surface area contributed by atoms with Gasteiger partial charge in [-0.2, -0.15) is 0 Å². The molecule has 0 bridgehead atoms. The molecule has 0 saturated heterocycles. The normalized spacial score (nSPS) is 11.2. The van der Waals surface area contributed by atoms with Crippen molar-refractivity contribution >= 4 is 5.65 Å². The Bertz CT molecular complexity index is 802. The monoisotopic (exact) mass is 280 g/mol. The van der Waals surface area contributed by atoms with Gasteiger partial charge in [-0.1, -0.05) is 30.7 Å². The molecule has 3 heteroatoms. The maximum atomic E-state index is 9.29. The van der Waals surface area contributed by atoms with Gasteiger partial charge >= 0.3 is 0 Å². The molecule has 21 heavy (non-hydrogen) atoms. The van der Waals surface area contributed by atoms with Crippen LogP contribution in [0, 0.1) is 13.8 Å². The lowest BCUT2D eigenvalue weighted by molar-refractivity contribution is 0.282. The number of fused-ring (bicyclic) bond motifs is 1. The van der Waals surface area contributed by atoms with Gasteiger partial charge in [0.2, 0.25) is 0 Å². The zero-order valence-electron chi connectivity index (χ0n) is 12.7. The number of aliphatic hydroxyl groups is 1. The van der Waals surface area contributed by atoms with Crippen LogP contribution in [0.25, 0.3) is 16.9 Å². The Balaban J connectivity index is 2.26. The Labute approximate surface area is 124 Å². The van der Waals surface area contributed by atoms with Crippen molar-refractivity contribution in [3.05, 3.63) is 58.9 Å². The quantitative estimate of drug-likeness (QED) is 0.794. The zero-order valence-corrected chi connectivity index (χ0v) is 12.7. The zero-order chi connectivity index (χ0) is 15.0. The van der Waals surface area contributed by atoms with Gasteiger partial charge in [0.15, 0.2) is 0 Å². The minimum Gasteiger partial charge on any atom is -0.392 e. The Morgan fingerprint density at radius 1 is 1.14 bits per heavy atom. The van der Waals surface area contributed by atoms with Crippen molar-refractivity contribution < 1.29 is 5.11 Å². The van der Waals surface area contributed by atoms with E-state index >= 15 is 0 Å². The molecular weight excluding hydrogens is 260 g/mol. The highest BCUT2D eigenvalue weighted by molar-refractivity contribution is 5.70. The number of pyridine rings is 1. The fourth-order valence-corrected chi connectivity index (χ4v) is 2.87. The van der Waals surface area contributed by atoms with Crippen molar-refractivity contribution in [1.29, 1.82) is 0 Å². The topological polar surface area (TPSA) is 37.5 Å². The number of aliphatic hydroxyl groups excluding tert-OH is 1. The molecule has 0 aliphatic rings. The van der Waals surface area contributed by atoms with Crippen LogP contribution < -0.4 is 0 Å². The van der Waals surface area contributed by atoms with Crippen molar-refractivity contribution in [1.82, 2.24) is 9.38 Å². The summed E-state index contributed by atoms with van der Waals surface area (Å²) in [6, 6.07) is 10.4. The van der Waals surface area contributed by atoms with Gasteiger partial charge in [0.1, 0.15) is 5.65 Å². The first-order valence-electron chi connectivity index (χ1n) is 7.32. The van der Waals surface area contributed by atoms with Crippen molar-refractivity contribution in [3.8, 4) is 11.3 Å². The van der Waals surface area contributed by atoms with Crippen LogP contribution in [-0.2, 0) is 13.0 Å². The van der Waals surface area contributed by atoms with Crippen molar-refractivity contribution in [3.63, 3.8) is 0 Å². The van der Waals surface area contributed by atoms with Crippen LogP contribution in [0.5, 0.6) is 0 Å². The van der Waals surface area contributed by atoms with E-state index in [0.29, 0.717) is 0 Å². The molecule has 1 aromatic carbocycles. The van der Waals surface area contributed by atoms with Gasteiger partial charge in [0.25, 0.3) is 0 Å². The fourth-order valence-electron chi connectivity index (χ4n) is 2.87. The summed E-state index contributed by atoms with van der Waals surface area (Å²) in [7, 11) is 0. The van der Waals surface area contributed by atoms with Gasteiger partial charge < -0.3 is 9.51 Å². The van der Waals surface area contributed by atoms with E-state index in [1.165, 1.54) is 22.4 Å². The maximum Gasteiger partial charge on any atom is 0.138 e. The molecule has 3 rings (SSSR count). The standard InChI is InChI=1S/C18H20N2O/c1-4-16-18(15-6-5-12(2)9-13(15)3)19-17-10-14(11-21)7-8-20(16)17/h5-10,21H,4,11H2,1-3H3. The van der Waals surface area contributed by atoms with Crippen molar-refractivity contribution in [2.75, 3.05) is 0 Å². The molecule has 0 saturated carbocycles. The first-order valence-corrected chi connectivity index (χ1v) is 7.32. The predicted molar refractivity (Wildman–Crippen MR) is 85.4 cm³/mol. The second-order valence-electron chi connectivity index (χ2n) is 5.50. The Morgan fingerprint density at radius 3 is 2.62 bits per heavy atom. The van der Waals surface area contributed by atoms with E-state index in [0.717, 1.165) is 23.3 Å². The molecule has 2 heterocycles. The third-order valence-corrected chi connectivity index (χ3v) is 3.94. The number of nitrogens with zero attached hydrogens (tertiary/aromatic N) is 2. The number of benzene rings is 1. The summed E-state index contributed by atoms with van der Waals surface area (Å²) in [5.41, 5.74) is 7.74. The molecule has 0 radical (unpaired) electrons. The molecular formula is C18H20N2O. The number of rotatable bonds is 3. The molecule has 0 amide bonds. The summed E-state index contributed by atoms with van der Waals surface area (Å²) in [4.78, 5) is 4.80. The minimum absolute atomic E-state index is 0.0453. The number of hydrogen-bond donors (Lipinski definition) is 1. The number of aromatic nitrogens is 2. The van der Waals surface area contributed by atoms with Gasteiger partial charge in [0, 0.05) is 11.8 Å². The average Bonchev–Trinajstić information content (AvgIpc) is 2.84. The summed E-state index contributed by atoms with van der Waals surface area (Å²) in [6.07, 6.45) is 2.92. The molecule has 0 aliphatic heterocycles. The second-order valence-corrected chi connectivity index (χ2v) is 5.50. The number of aryl methyl sites for hydroxylation is 3. The maximum absolute atomic E-state index is 9.29. The van der Waals surface area contributed by atoms with E-state index in [1.54, 1.807) is 0 Å². The van der Waals surface area contributed by atoms with Crippen LogP contribution >= 0.6 is 0 Å². The van der Waals surface area contributed by atoms with Crippen LogP contribution in [-0.4, -0.2) is 14.5 Å². The fraction of sp³-hybridized carbons (Fsp3) is 0.278. The van der Waals surface area contributed by atoms with Crippen LogP contribution in [0.3, 0.4) is 0 Å². The Kier molecular flexibility index (Phi) is 3.52. The van der Waals surface area contributed by atoms with E-state index in [2.05, 4.69) is 43.4 Å². The lowest BCUT2D eigenvalue weighted by Crippen LogP contribution is -1.94. The average molecular weight is 280 g/mol. The second kappa shape index (κ2) is 5.34. The molecule has 3 aromatic rings. The van der Waals surface area contributed by atoms with E-state index in [-0.39, 0.29) is 6.61 Å². The van der Waals surface area contributed by atoms with E-state index in [1.807, 2.05) is 18.3 Å². The van der Waals surface area contributed by atoms with Gasteiger partial charge in [-0.15, -0.1) is 0 Å². The molecule has 2 aromatic heterocycles. The van der Waals surface area contributed by atoms with E-state index in [9.17, 15) is 5.11 Å². The molecule has 0 fully saturated rings. The van der Waals surface area contributed by atoms with Crippen molar-refractivity contribution in [2.24, 2.45) is 0 Å². The van der Waals surface area contributed by atoms with Gasteiger partial charge in [-0.3, -0.25) is 0 Å². The van der Waals surface area contributed by atoms with Gasteiger partial charge in [0.05, 0.1) is 18.0 Å². The molecule has 1 N–H and O–H groups in total. The van der Waals surface area contributed by atoms with Crippen LogP contribution in [0.4, 0.5) is 0 Å². The summed E-state index contributed by atoms with van der Waals surface area (Å²) in [5, 5.41) is 9.29. The number of hydrogen-bond acceptors (Lipinski definition) is 2. The van der Waals surface area contributed by atoms with Gasteiger partial charge in [-0.25, -0.2) is 4.98 Å². The lowest BCUT2D eigenvalue weighted by Gasteiger charge is -2.07. The highest BCUT2D eigenvalue weighted by Crippen LogP contribution is 2.28. The highest BCUT2D eigenvalue weighted by atomic mass is 16.3. The largest absolute Gasteiger partial charge is 0.392 e. The minimum atomic E-state index is 0.0453. The molecule has 3 nitrogen and oxygen atoms in total. The Morgan fingerprint density at radius 2 is 1.95 bits per heavy atom. The van der Waals surface area contributed by atoms with E-state index in [4.69, 9.17) is 4.98 Å². The lowest BCUT2D eigenvalue weighted by atomic mass is 10.0. The summed E-state index contributed by atoms with van der Waals surface area (Å²) < 4.78 is 2.12. The van der Waals surface area contributed by atoms with E-state index < -0.39 is 0 Å². The molecule has 0 aliphatic carbocycles. The molecule has 108 valence electrons. The number of imidazole rings is 1. The summed E-state index contributed by atoms with van der Waals surface area (Å²) in [6.45, 7) is 6.43. The SMILES string of the molecule is CCc1c(-c2ccc(C)cc2C)nc2cc(CO)ccn12. The molecule has 0 atom stereocenters. The van der Waals surface area contributed by atoms with Crippen LogP contribution in [0.15, 0.2) is 36.5 Å². The smallest absolute Gasteiger partial charge is 0.138 e. The predicted octanol–water partition coefficient (Wildman–Crippen LogP) is 3.67.